The summed E-state index contributed by atoms with van der Waals surface area (Å²) in [5, 5.41) is 0. The second kappa shape index (κ2) is 9.54. The highest BCUT2D eigenvalue weighted by molar-refractivity contribution is 6.12. The number of rotatable bonds is 5. The Hall–Kier alpha value is -2.89. The summed E-state index contributed by atoms with van der Waals surface area (Å²) in [4.78, 5) is 21.5. The number of hydrogen-bond acceptors (Lipinski definition) is 4. The summed E-state index contributed by atoms with van der Waals surface area (Å²) in [6.07, 6.45) is 5.11. The molecule has 0 bridgehead atoms. The molecule has 1 spiro atoms. The van der Waals surface area contributed by atoms with Crippen LogP contribution in [0.3, 0.4) is 0 Å². The van der Waals surface area contributed by atoms with Crippen LogP contribution in [0, 0.1) is 5.82 Å². The lowest BCUT2D eigenvalue weighted by atomic mass is 9.92. The van der Waals surface area contributed by atoms with Gasteiger partial charge in [0.15, 0.2) is 0 Å². The van der Waals surface area contributed by atoms with Gasteiger partial charge in [0.2, 0.25) is 0 Å². The highest BCUT2D eigenvalue weighted by atomic mass is 19.1. The molecular weight excluding hydrogens is 417 g/mol. The molecular formula is C27H36FN3O2. The number of hydrogen-bond donors (Lipinski definition) is 0. The smallest absolute Gasteiger partial charge is 0.410 e. The van der Waals surface area contributed by atoms with Gasteiger partial charge in [-0.05, 0) is 66.0 Å². The monoisotopic (exact) mass is 453 g/mol. The molecule has 1 aliphatic heterocycles. The van der Waals surface area contributed by atoms with E-state index in [-0.39, 0.29) is 17.4 Å². The lowest BCUT2D eigenvalue weighted by Crippen LogP contribution is -2.57. The third-order valence-electron chi connectivity index (χ3n) is 6.30. The van der Waals surface area contributed by atoms with E-state index < -0.39 is 5.60 Å². The molecule has 0 atom stereocenters. The van der Waals surface area contributed by atoms with Crippen LogP contribution in [0.5, 0.6) is 0 Å². The largest absolute Gasteiger partial charge is 0.444 e. The Morgan fingerprint density at radius 1 is 1.21 bits per heavy atom. The van der Waals surface area contributed by atoms with Gasteiger partial charge in [0, 0.05) is 48.4 Å². The molecule has 1 aromatic rings. The van der Waals surface area contributed by atoms with Crippen LogP contribution in [-0.4, -0.2) is 52.4 Å². The van der Waals surface area contributed by atoms with Crippen molar-refractivity contribution < 1.29 is 13.9 Å². The number of piperazine rings is 1. The quantitative estimate of drug-likeness (QED) is 0.394. The van der Waals surface area contributed by atoms with Crippen molar-refractivity contribution in [1.82, 2.24) is 9.80 Å². The summed E-state index contributed by atoms with van der Waals surface area (Å²) in [7, 11) is 0. The van der Waals surface area contributed by atoms with Gasteiger partial charge in [0.1, 0.15) is 11.4 Å². The number of nitrogens with zero attached hydrogens (tertiary/aromatic N) is 3. The Bertz CT molecular complexity index is 1010. The second-order valence-electron chi connectivity index (χ2n) is 9.82. The van der Waals surface area contributed by atoms with Crippen LogP contribution in [0.2, 0.25) is 0 Å². The van der Waals surface area contributed by atoms with E-state index in [1.54, 1.807) is 12.1 Å². The summed E-state index contributed by atoms with van der Waals surface area (Å²) < 4.78 is 20.4. The van der Waals surface area contributed by atoms with Gasteiger partial charge in [-0.2, -0.15) is 0 Å². The van der Waals surface area contributed by atoms with Crippen molar-refractivity contribution in [2.75, 3.05) is 19.6 Å². The number of carbonyl (C=O) groups is 1. The van der Waals surface area contributed by atoms with Crippen molar-refractivity contribution in [3.63, 3.8) is 0 Å². The number of allylic oxidation sites excluding steroid dienone is 4. The van der Waals surface area contributed by atoms with Gasteiger partial charge in [-0.15, -0.1) is 0 Å². The molecule has 5 nitrogen and oxygen atoms in total. The predicted octanol–water partition coefficient (Wildman–Crippen LogP) is 6.19. The third-order valence-corrected chi connectivity index (χ3v) is 6.30. The first-order valence-electron chi connectivity index (χ1n) is 11.6. The summed E-state index contributed by atoms with van der Waals surface area (Å²) in [6.45, 7) is 17.3. The SMILES string of the molecule is C=CN=C(C)C(/C(=C\C)c1ccccc1F)=C(\C)N1CCN(C(=O)OC(C)(C)C)C2(CC2)C1. The number of halogens is 1. The van der Waals surface area contributed by atoms with Gasteiger partial charge in [-0.25, -0.2) is 9.18 Å². The molecule has 1 aliphatic carbocycles. The van der Waals surface area contributed by atoms with Crippen molar-refractivity contribution in [2.45, 2.75) is 65.5 Å². The molecule has 3 rings (SSSR count). The maximum atomic E-state index is 14.8. The van der Waals surface area contributed by atoms with Crippen LogP contribution in [0.4, 0.5) is 9.18 Å². The van der Waals surface area contributed by atoms with Gasteiger partial charge >= 0.3 is 6.09 Å². The molecule has 6 heteroatoms. The van der Waals surface area contributed by atoms with Crippen LogP contribution >= 0.6 is 0 Å². The van der Waals surface area contributed by atoms with Crippen molar-refractivity contribution in [3.05, 3.63) is 65.8 Å². The zero-order valence-corrected chi connectivity index (χ0v) is 20.7. The average Bonchev–Trinajstić information content (AvgIpc) is 3.50. The third kappa shape index (κ3) is 5.37. The molecule has 0 N–H and O–H groups in total. The van der Waals surface area contributed by atoms with Gasteiger partial charge in [0.25, 0.3) is 0 Å². The fourth-order valence-electron chi connectivity index (χ4n) is 4.56. The predicted molar refractivity (Wildman–Crippen MR) is 133 cm³/mol. The van der Waals surface area contributed by atoms with Crippen molar-refractivity contribution in [1.29, 1.82) is 0 Å². The normalized spacial score (nSPS) is 19.4. The first kappa shape index (κ1) is 24.7. The number of ether oxygens (including phenoxy) is 1. The van der Waals surface area contributed by atoms with E-state index >= 15 is 0 Å². The van der Waals surface area contributed by atoms with E-state index in [9.17, 15) is 9.18 Å². The van der Waals surface area contributed by atoms with E-state index in [1.165, 1.54) is 12.3 Å². The van der Waals surface area contributed by atoms with E-state index in [2.05, 4.69) is 23.4 Å². The fraction of sp³-hybridized carbons (Fsp3) is 0.481. The van der Waals surface area contributed by atoms with E-state index in [0.29, 0.717) is 18.7 Å². The Labute approximate surface area is 197 Å². The molecule has 1 amide bonds. The van der Waals surface area contributed by atoms with Crippen LogP contribution in [0.25, 0.3) is 5.57 Å². The van der Waals surface area contributed by atoms with Gasteiger partial charge in [-0.1, -0.05) is 30.9 Å². The van der Waals surface area contributed by atoms with Crippen molar-refractivity contribution in [3.8, 4) is 0 Å². The molecule has 2 fully saturated rings. The van der Waals surface area contributed by atoms with Crippen LogP contribution in [-0.2, 0) is 4.74 Å². The second-order valence-corrected chi connectivity index (χ2v) is 9.82. The van der Waals surface area contributed by atoms with Crippen molar-refractivity contribution in [2.24, 2.45) is 4.99 Å². The molecule has 0 unspecified atom stereocenters. The van der Waals surface area contributed by atoms with Crippen LogP contribution in [0.15, 0.2) is 59.4 Å². The number of amides is 1. The molecule has 1 heterocycles. The van der Waals surface area contributed by atoms with Gasteiger partial charge < -0.3 is 9.64 Å². The van der Waals surface area contributed by atoms with E-state index in [4.69, 9.17) is 4.74 Å². The highest BCUT2D eigenvalue weighted by Crippen LogP contribution is 2.46. The minimum Gasteiger partial charge on any atom is -0.444 e. The maximum absolute atomic E-state index is 14.8. The lowest BCUT2D eigenvalue weighted by Gasteiger charge is -2.44. The standard InChI is InChI=1S/C27H36FN3O2/c1-8-21(22-12-10-11-13-23(22)28)24(19(3)29-9-2)20(4)30-16-17-31(27(18-30)14-15-27)25(32)33-26(5,6)7/h8-13H,2,14-18H2,1,3-7H3/b21-8-,24-20-,29-19?. The summed E-state index contributed by atoms with van der Waals surface area (Å²) >= 11 is 0. The number of carbonyl (C=O) groups excluding carboxylic acids is 1. The minimum absolute atomic E-state index is 0.204. The molecule has 1 saturated carbocycles. The Balaban J connectivity index is 1.97. The molecule has 2 aliphatic rings. The first-order chi connectivity index (χ1) is 15.5. The van der Waals surface area contributed by atoms with Crippen molar-refractivity contribution >= 4 is 17.4 Å². The number of benzene rings is 1. The maximum Gasteiger partial charge on any atom is 0.410 e. The summed E-state index contributed by atoms with van der Waals surface area (Å²) in [6, 6.07) is 6.81. The van der Waals surface area contributed by atoms with E-state index in [1.807, 2.05) is 51.7 Å². The average molecular weight is 454 g/mol. The lowest BCUT2D eigenvalue weighted by molar-refractivity contribution is -0.00280. The molecule has 178 valence electrons. The van der Waals surface area contributed by atoms with Crippen LogP contribution < -0.4 is 0 Å². The van der Waals surface area contributed by atoms with Gasteiger partial charge in [-0.3, -0.25) is 9.89 Å². The van der Waals surface area contributed by atoms with Gasteiger partial charge in [0.05, 0.1) is 5.54 Å². The minimum atomic E-state index is -0.522. The van der Waals surface area contributed by atoms with Crippen LogP contribution in [0.1, 0.15) is 59.9 Å². The summed E-state index contributed by atoms with van der Waals surface area (Å²) in [5.41, 5.74) is 3.30. The fourth-order valence-corrected chi connectivity index (χ4v) is 4.56. The highest BCUT2D eigenvalue weighted by Gasteiger charge is 2.54. The molecule has 1 saturated heterocycles. The molecule has 1 aromatic carbocycles. The topological polar surface area (TPSA) is 45.1 Å². The summed E-state index contributed by atoms with van der Waals surface area (Å²) in [5.74, 6) is -0.268. The first-order valence-corrected chi connectivity index (χ1v) is 11.6. The molecule has 0 radical (unpaired) electrons. The Morgan fingerprint density at radius 3 is 2.42 bits per heavy atom. The Kier molecular flexibility index (Phi) is 7.15. The number of aliphatic imine (C=N–C) groups is 1. The molecule has 33 heavy (non-hydrogen) atoms. The zero-order valence-electron chi connectivity index (χ0n) is 20.7. The van der Waals surface area contributed by atoms with E-state index in [0.717, 1.165) is 41.9 Å². The zero-order chi connectivity index (χ0) is 24.4. The molecule has 0 aromatic heterocycles. The Morgan fingerprint density at radius 2 is 1.88 bits per heavy atom.